The van der Waals surface area contributed by atoms with Crippen molar-refractivity contribution in [3.8, 4) is 5.75 Å². The molecule has 0 heterocycles. The van der Waals surface area contributed by atoms with Crippen LogP contribution >= 0.6 is 31.9 Å². The van der Waals surface area contributed by atoms with Crippen LogP contribution in [0.5, 0.6) is 5.75 Å². The lowest BCUT2D eigenvalue weighted by Gasteiger charge is -2.25. The standard InChI is InChI=1S/C16H25Br2NO2/c1-5-21-15-12(8-13(17)9-14(15)18)10-19-11-16(2,3)6-7-20-4/h8-9,19H,5-7,10-11H2,1-4H3. The van der Waals surface area contributed by atoms with Gasteiger partial charge in [-0.3, -0.25) is 0 Å². The van der Waals surface area contributed by atoms with Crippen molar-refractivity contribution in [3.05, 3.63) is 26.6 Å². The molecule has 120 valence electrons. The van der Waals surface area contributed by atoms with Gasteiger partial charge in [0.2, 0.25) is 0 Å². The first kappa shape index (κ1) is 18.9. The van der Waals surface area contributed by atoms with E-state index in [4.69, 9.17) is 9.47 Å². The van der Waals surface area contributed by atoms with Crippen molar-refractivity contribution in [2.24, 2.45) is 5.41 Å². The van der Waals surface area contributed by atoms with Gasteiger partial charge in [0.25, 0.3) is 0 Å². The second kappa shape index (κ2) is 9.13. The Bertz CT molecular complexity index is 450. The molecular weight excluding hydrogens is 398 g/mol. The maximum atomic E-state index is 5.74. The van der Waals surface area contributed by atoms with E-state index in [1.807, 2.05) is 13.0 Å². The van der Waals surface area contributed by atoms with E-state index in [2.05, 4.69) is 57.1 Å². The summed E-state index contributed by atoms with van der Waals surface area (Å²) in [5.74, 6) is 0.919. The minimum Gasteiger partial charge on any atom is -0.492 e. The highest BCUT2D eigenvalue weighted by Gasteiger charge is 2.17. The number of hydrogen-bond acceptors (Lipinski definition) is 3. The number of hydrogen-bond donors (Lipinski definition) is 1. The smallest absolute Gasteiger partial charge is 0.138 e. The van der Waals surface area contributed by atoms with Crippen LogP contribution in [0.3, 0.4) is 0 Å². The molecule has 0 aliphatic heterocycles. The summed E-state index contributed by atoms with van der Waals surface area (Å²) in [6.45, 7) is 9.67. The summed E-state index contributed by atoms with van der Waals surface area (Å²) in [6, 6.07) is 4.11. The predicted molar refractivity (Wildman–Crippen MR) is 95.0 cm³/mol. The molecule has 0 bridgehead atoms. The average Bonchev–Trinajstić information content (AvgIpc) is 2.40. The molecule has 21 heavy (non-hydrogen) atoms. The Hall–Kier alpha value is -0.100. The molecule has 0 aliphatic rings. The summed E-state index contributed by atoms with van der Waals surface area (Å²) in [5, 5.41) is 3.53. The van der Waals surface area contributed by atoms with E-state index in [1.54, 1.807) is 7.11 Å². The van der Waals surface area contributed by atoms with Gasteiger partial charge in [0.1, 0.15) is 5.75 Å². The molecule has 0 aliphatic carbocycles. The van der Waals surface area contributed by atoms with Crippen LogP contribution in [0.1, 0.15) is 32.8 Å². The predicted octanol–water partition coefficient (Wildman–Crippen LogP) is 4.76. The van der Waals surface area contributed by atoms with Gasteiger partial charge in [0, 0.05) is 36.8 Å². The third-order valence-corrected chi connectivity index (χ3v) is 4.32. The quantitative estimate of drug-likeness (QED) is 0.622. The first-order chi connectivity index (χ1) is 9.89. The molecule has 0 saturated heterocycles. The van der Waals surface area contributed by atoms with E-state index in [-0.39, 0.29) is 5.41 Å². The highest BCUT2D eigenvalue weighted by molar-refractivity contribution is 9.11. The lowest BCUT2D eigenvalue weighted by molar-refractivity contribution is 0.150. The van der Waals surface area contributed by atoms with Gasteiger partial charge in [-0.05, 0) is 46.8 Å². The van der Waals surface area contributed by atoms with Gasteiger partial charge >= 0.3 is 0 Å². The largest absolute Gasteiger partial charge is 0.492 e. The fourth-order valence-electron chi connectivity index (χ4n) is 2.05. The van der Waals surface area contributed by atoms with Gasteiger partial charge in [-0.25, -0.2) is 0 Å². The van der Waals surface area contributed by atoms with E-state index < -0.39 is 0 Å². The lowest BCUT2D eigenvalue weighted by atomic mass is 9.89. The van der Waals surface area contributed by atoms with Crippen LogP contribution in [0.4, 0.5) is 0 Å². The zero-order chi connectivity index (χ0) is 15.9. The van der Waals surface area contributed by atoms with Gasteiger partial charge in [-0.2, -0.15) is 0 Å². The monoisotopic (exact) mass is 421 g/mol. The van der Waals surface area contributed by atoms with Crippen LogP contribution in [-0.4, -0.2) is 26.9 Å². The first-order valence-electron chi connectivity index (χ1n) is 7.20. The summed E-state index contributed by atoms with van der Waals surface area (Å²) in [5.41, 5.74) is 1.37. The SMILES string of the molecule is CCOc1c(Br)cc(Br)cc1CNCC(C)(C)CCOC. The number of ether oxygens (including phenoxy) is 2. The molecule has 1 aromatic carbocycles. The third-order valence-electron chi connectivity index (χ3n) is 3.28. The molecular formula is C16H25Br2NO2. The van der Waals surface area contributed by atoms with Crippen LogP contribution in [-0.2, 0) is 11.3 Å². The molecule has 5 heteroatoms. The number of rotatable bonds is 9. The van der Waals surface area contributed by atoms with Gasteiger partial charge in [0.15, 0.2) is 0 Å². The Morgan fingerprint density at radius 3 is 2.57 bits per heavy atom. The molecule has 1 aromatic rings. The van der Waals surface area contributed by atoms with Crippen molar-refractivity contribution in [1.82, 2.24) is 5.32 Å². The minimum atomic E-state index is 0.213. The van der Waals surface area contributed by atoms with E-state index in [0.29, 0.717) is 6.61 Å². The zero-order valence-electron chi connectivity index (χ0n) is 13.3. The normalized spacial score (nSPS) is 11.7. The van der Waals surface area contributed by atoms with Crippen LogP contribution in [0.25, 0.3) is 0 Å². The van der Waals surface area contributed by atoms with Crippen molar-refractivity contribution in [2.45, 2.75) is 33.7 Å². The molecule has 0 saturated carbocycles. The Kier molecular flexibility index (Phi) is 8.24. The highest BCUT2D eigenvalue weighted by atomic mass is 79.9. The van der Waals surface area contributed by atoms with E-state index in [9.17, 15) is 0 Å². The summed E-state index contributed by atoms with van der Waals surface area (Å²) in [4.78, 5) is 0. The van der Waals surface area contributed by atoms with Gasteiger partial charge in [0.05, 0.1) is 11.1 Å². The fourth-order valence-corrected chi connectivity index (χ4v) is 3.48. The van der Waals surface area contributed by atoms with Gasteiger partial charge < -0.3 is 14.8 Å². The van der Waals surface area contributed by atoms with Gasteiger partial charge in [-0.15, -0.1) is 0 Å². The Morgan fingerprint density at radius 2 is 1.95 bits per heavy atom. The molecule has 1 N–H and O–H groups in total. The van der Waals surface area contributed by atoms with Crippen LogP contribution in [0, 0.1) is 5.41 Å². The number of benzene rings is 1. The zero-order valence-corrected chi connectivity index (χ0v) is 16.4. The van der Waals surface area contributed by atoms with Crippen LogP contribution in [0.15, 0.2) is 21.1 Å². The van der Waals surface area contributed by atoms with Gasteiger partial charge in [-0.1, -0.05) is 29.8 Å². The van der Waals surface area contributed by atoms with E-state index >= 15 is 0 Å². The lowest BCUT2D eigenvalue weighted by Crippen LogP contribution is -2.30. The number of halogens is 2. The Balaban J connectivity index is 2.66. The van der Waals surface area contributed by atoms with Crippen molar-refractivity contribution in [2.75, 3.05) is 26.9 Å². The average molecular weight is 423 g/mol. The number of nitrogens with one attached hydrogen (secondary N) is 1. The number of methoxy groups -OCH3 is 1. The molecule has 0 amide bonds. The fraction of sp³-hybridized carbons (Fsp3) is 0.625. The minimum absolute atomic E-state index is 0.213. The van der Waals surface area contributed by atoms with Crippen molar-refractivity contribution in [1.29, 1.82) is 0 Å². The molecule has 1 rings (SSSR count). The highest BCUT2D eigenvalue weighted by Crippen LogP contribution is 2.33. The molecule has 0 spiro atoms. The molecule has 0 aromatic heterocycles. The summed E-state index contributed by atoms with van der Waals surface area (Å²) < 4.78 is 12.9. The second-order valence-corrected chi connectivity index (χ2v) is 7.59. The summed E-state index contributed by atoms with van der Waals surface area (Å²) in [6.07, 6.45) is 1.04. The topological polar surface area (TPSA) is 30.5 Å². The molecule has 0 unspecified atom stereocenters. The first-order valence-corrected chi connectivity index (χ1v) is 8.78. The van der Waals surface area contributed by atoms with Crippen molar-refractivity contribution < 1.29 is 9.47 Å². The molecule has 0 radical (unpaired) electrons. The van der Waals surface area contributed by atoms with E-state index in [0.717, 1.165) is 46.4 Å². The molecule has 0 fully saturated rings. The molecule has 0 atom stereocenters. The Labute approximate surface area is 145 Å². The third kappa shape index (κ3) is 6.68. The Morgan fingerprint density at radius 1 is 1.24 bits per heavy atom. The van der Waals surface area contributed by atoms with Crippen molar-refractivity contribution in [3.63, 3.8) is 0 Å². The van der Waals surface area contributed by atoms with Crippen LogP contribution < -0.4 is 10.1 Å². The van der Waals surface area contributed by atoms with Crippen LogP contribution in [0.2, 0.25) is 0 Å². The molecule has 3 nitrogen and oxygen atoms in total. The van der Waals surface area contributed by atoms with E-state index in [1.165, 1.54) is 0 Å². The maximum absolute atomic E-state index is 5.74. The summed E-state index contributed by atoms with van der Waals surface area (Å²) in [7, 11) is 1.75. The maximum Gasteiger partial charge on any atom is 0.138 e. The second-order valence-electron chi connectivity index (χ2n) is 5.82. The summed E-state index contributed by atoms with van der Waals surface area (Å²) >= 11 is 7.10. The van der Waals surface area contributed by atoms with Crippen molar-refractivity contribution >= 4 is 31.9 Å².